The van der Waals surface area contributed by atoms with E-state index < -0.39 is 0 Å². The van der Waals surface area contributed by atoms with E-state index in [1.54, 1.807) is 0 Å². The topological polar surface area (TPSA) is 50.9 Å². The van der Waals surface area contributed by atoms with Crippen LogP contribution in [0.4, 0.5) is 0 Å². The first-order valence-electron chi connectivity index (χ1n) is 6.51. The molecule has 0 aliphatic heterocycles. The fourth-order valence-corrected chi connectivity index (χ4v) is 2.15. The van der Waals surface area contributed by atoms with E-state index in [9.17, 15) is 0 Å². The van der Waals surface area contributed by atoms with Crippen molar-refractivity contribution in [3.05, 3.63) is 42.1 Å². The van der Waals surface area contributed by atoms with Crippen molar-refractivity contribution in [1.82, 2.24) is 10.4 Å². The summed E-state index contributed by atoms with van der Waals surface area (Å²) in [7, 11) is 0. The molecule has 1 atom stereocenters. The molecule has 0 aliphatic carbocycles. The minimum Gasteiger partial charge on any atom is -0.271 e. The van der Waals surface area contributed by atoms with Crippen LogP contribution in [0.2, 0.25) is 0 Å². The highest BCUT2D eigenvalue weighted by atomic mass is 15.2. The van der Waals surface area contributed by atoms with Crippen LogP contribution in [0.3, 0.4) is 0 Å². The molecular formula is C15H21N3. The Morgan fingerprint density at radius 2 is 2.06 bits per heavy atom. The SMILES string of the molecule is CC(C)CCC(NN)c1ccc2cccnc2c1. The second-order valence-electron chi connectivity index (χ2n) is 5.15. The second kappa shape index (κ2) is 5.94. The lowest BCUT2D eigenvalue weighted by Gasteiger charge is -2.17. The van der Waals surface area contributed by atoms with Gasteiger partial charge in [-0.2, -0.15) is 0 Å². The number of nitrogens with zero attached hydrogens (tertiary/aromatic N) is 1. The Bertz CT molecular complexity index is 508. The maximum absolute atomic E-state index is 5.66. The highest BCUT2D eigenvalue weighted by Gasteiger charge is 2.11. The molecule has 0 saturated heterocycles. The van der Waals surface area contributed by atoms with Gasteiger partial charge in [0.25, 0.3) is 0 Å². The van der Waals surface area contributed by atoms with Gasteiger partial charge in [0.1, 0.15) is 0 Å². The van der Waals surface area contributed by atoms with Crippen LogP contribution in [0.1, 0.15) is 38.3 Å². The predicted octanol–water partition coefficient (Wildman–Crippen LogP) is 3.18. The molecule has 2 aromatic rings. The lowest BCUT2D eigenvalue weighted by atomic mass is 9.97. The van der Waals surface area contributed by atoms with E-state index in [-0.39, 0.29) is 6.04 Å². The molecule has 2 rings (SSSR count). The number of hydrogen-bond acceptors (Lipinski definition) is 3. The van der Waals surface area contributed by atoms with E-state index in [4.69, 9.17) is 5.84 Å². The van der Waals surface area contributed by atoms with E-state index >= 15 is 0 Å². The molecule has 3 N–H and O–H groups in total. The smallest absolute Gasteiger partial charge is 0.0705 e. The standard InChI is InChI=1S/C15H21N3/c1-11(2)5-8-14(18-16)13-7-6-12-4-3-9-17-15(12)10-13/h3-4,6-7,9-11,14,18H,5,8,16H2,1-2H3. The van der Waals surface area contributed by atoms with Crippen molar-refractivity contribution >= 4 is 10.9 Å². The summed E-state index contributed by atoms with van der Waals surface area (Å²) in [5, 5.41) is 1.17. The van der Waals surface area contributed by atoms with Crippen molar-refractivity contribution in [3.63, 3.8) is 0 Å². The Kier molecular flexibility index (Phi) is 4.28. The Balaban J connectivity index is 2.22. The minimum atomic E-state index is 0.207. The summed E-state index contributed by atoms with van der Waals surface area (Å²) in [4.78, 5) is 4.39. The third-order valence-electron chi connectivity index (χ3n) is 3.27. The third-order valence-corrected chi connectivity index (χ3v) is 3.27. The zero-order valence-corrected chi connectivity index (χ0v) is 11.1. The summed E-state index contributed by atoms with van der Waals surface area (Å²) in [6.07, 6.45) is 4.03. The van der Waals surface area contributed by atoms with E-state index in [0.29, 0.717) is 5.92 Å². The first-order chi connectivity index (χ1) is 8.70. The van der Waals surface area contributed by atoms with Crippen LogP contribution >= 0.6 is 0 Å². The van der Waals surface area contributed by atoms with Gasteiger partial charge in [-0.3, -0.25) is 16.3 Å². The molecule has 0 radical (unpaired) electrons. The first kappa shape index (κ1) is 13.0. The number of benzene rings is 1. The van der Waals surface area contributed by atoms with Crippen LogP contribution in [-0.4, -0.2) is 4.98 Å². The van der Waals surface area contributed by atoms with E-state index in [1.165, 1.54) is 10.9 Å². The maximum Gasteiger partial charge on any atom is 0.0705 e. The number of pyridine rings is 1. The van der Waals surface area contributed by atoms with Gasteiger partial charge >= 0.3 is 0 Å². The minimum absolute atomic E-state index is 0.207. The Labute approximate surface area is 108 Å². The molecule has 0 bridgehead atoms. The second-order valence-corrected chi connectivity index (χ2v) is 5.15. The van der Waals surface area contributed by atoms with E-state index in [0.717, 1.165) is 18.4 Å². The number of hydrazine groups is 1. The molecule has 1 unspecified atom stereocenters. The number of aromatic nitrogens is 1. The fourth-order valence-electron chi connectivity index (χ4n) is 2.15. The van der Waals surface area contributed by atoms with Gasteiger partial charge in [0, 0.05) is 17.6 Å². The van der Waals surface area contributed by atoms with Crippen LogP contribution in [0.25, 0.3) is 10.9 Å². The van der Waals surface area contributed by atoms with Crippen molar-refractivity contribution in [3.8, 4) is 0 Å². The predicted molar refractivity (Wildman–Crippen MR) is 75.9 cm³/mol. The van der Waals surface area contributed by atoms with Gasteiger partial charge in [-0.1, -0.05) is 32.0 Å². The Morgan fingerprint density at radius 3 is 2.78 bits per heavy atom. The van der Waals surface area contributed by atoms with Gasteiger partial charge in [-0.25, -0.2) is 0 Å². The normalized spacial score (nSPS) is 13.1. The van der Waals surface area contributed by atoms with Crippen molar-refractivity contribution in [2.24, 2.45) is 11.8 Å². The quantitative estimate of drug-likeness (QED) is 0.626. The molecule has 1 heterocycles. The summed E-state index contributed by atoms with van der Waals surface area (Å²) < 4.78 is 0. The van der Waals surface area contributed by atoms with Crippen LogP contribution in [-0.2, 0) is 0 Å². The Hall–Kier alpha value is -1.45. The molecule has 0 spiro atoms. The van der Waals surface area contributed by atoms with Crippen molar-refractivity contribution < 1.29 is 0 Å². The van der Waals surface area contributed by atoms with E-state index in [2.05, 4.69) is 48.5 Å². The summed E-state index contributed by atoms with van der Waals surface area (Å²) >= 11 is 0. The molecule has 1 aromatic carbocycles. The van der Waals surface area contributed by atoms with Gasteiger partial charge in [0.05, 0.1) is 5.52 Å². The van der Waals surface area contributed by atoms with Gasteiger partial charge in [-0.05, 0) is 36.5 Å². The fraction of sp³-hybridized carbons (Fsp3) is 0.400. The first-order valence-corrected chi connectivity index (χ1v) is 6.51. The van der Waals surface area contributed by atoms with Gasteiger partial charge in [0.15, 0.2) is 0 Å². The molecular weight excluding hydrogens is 222 g/mol. The molecule has 1 aromatic heterocycles. The molecule has 3 nitrogen and oxygen atoms in total. The molecule has 0 fully saturated rings. The molecule has 0 amide bonds. The maximum atomic E-state index is 5.66. The van der Waals surface area contributed by atoms with Gasteiger partial charge in [-0.15, -0.1) is 0 Å². The van der Waals surface area contributed by atoms with E-state index in [1.807, 2.05) is 12.3 Å². The Morgan fingerprint density at radius 1 is 1.22 bits per heavy atom. The van der Waals surface area contributed by atoms with Crippen molar-refractivity contribution in [2.45, 2.75) is 32.7 Å². The highest BCUT2D eigenvalue weighted by molar-refractivity contribution is 5.78. The van der Waals surface area contributed by atoms with Crippen molar-refractivity contribution in [2.75, 3.05) is 0 Å². The zero-order chi connectivity index (χ0) is 13.0. The third kappa shape index (κ3) is 3.06. The molecule has 3 heteroatoms. The van der Waals surface area contributed by atoms with Crippen molar-refractivity contribution in [1.29, 1.82) is 0 Å². The summed E-state index contributed by atoms with van der Waals surface area (Å²) in [6.45, 7) is 4.46. The average Bonchev–Trinajstić information content (AvgIpc) is 2.39. The number of rotatable bonds is 5. The number of hydrogen-bond donors (Lipinski definition) is 2. The van der Waals surface area contributed by atoms with Crippen LogP contribution in [0, 0.1) is 5.92 Å². The van der Waals surface area contributed by atoms with Gasteiger partial charge < -0.3 is 0 Å². The van der Waals surface area contributed by atoms with Crippen LogP contribution < -0.4 is 11.3 Å². The zero-order valence-electron chi connectivity index (χ0n) is 11.1. The van der Waals surface area contributed by atoms with Crippen LogP contribution in [0.5, 0.6) is 0 Å². The lowest BCUT2D eigenvalue weighted by Crippen LogP contribution is -2.28. The summed E-state index contributed by atoms with van der Waals surface area (Å²) in [6, 6.07) is 10.6. The average molecular weight is 243 g/mol. The summed E-state index contributed by atoms with van der Waals surface area (Å²) in [5.74, 6) is 6.36. The molecule has 0 aliphatic rings. The molecule has 96 valence electrons. The number of fused-ring (bicyclic) bond motifs is 1. The lowest BCUT2D eigenvalue weighted by molar-refractivity contribution is 0.448. The number of nitrogens with one attached hydrogen (secondary N) is 1. The monoisotopic (exact) mass is 243 g/mol. The molecule has 0 saturated carbocycles. The molecule has 18 heavy (non-hydrogen) atoms. The largest absolute Gasteiger partial charge is 0.271 e. The van der Waals surface area contributed by atoms with Crippen LogP contribution in [0.15, 0.2) is 36.5 Å². The summed E-state index contributed by atoms with van der Waals surface area (Å²) in [5.41, 5.74) is 5.15. The van der Waals surface area contributed by atoms with Gasteiger partial charge in [0.2, 0.25) is 0 Å². The number of nitrogens with two attached hydrogens (primary N) is 1. The highest BCUT2D eigenvalue weighted by Crippen LogP contribution is 2.23.